The normalized spacial score (nSPS) is 11.1. The van der Waals surface area contributed by atoms with Gasteiger partial charge in [0, 0.05) is 20.6 Å². The summed E-state index contributed by atoms with van der Waals surface area (Å²) in [5, 5.41) is 4.62. The van der Waals surface area contributed by atoms with E-state index in [1.165, 1.54) is 27.1 Å². The molecule has 0 amide bonds. The van der Waals surface area contributed by atoms with Gasteiger partial charge in [-0.05, 0) is 55.7 Å². The molecule has 0 fully saturated rings. The number of benzene rings is 2. The molecule has 0 aliphatic heterocycles. The fourth-order valence-corrected chi connectivity index (χ4v) is 4.38. The molecule has 4 aromatic rings. The minimum atomic E-state index is 0.853. The van der Waals surface area contributed by atoms with Gasteiger partial charge in [0.15, 0.2) is 0 Å². The Morgan fingerprint density at radius 1 is 0.962 bits per heavy atom. The molecule has 0 atom stereocenters. The van der Waals surface area contributed by atoms with Crippen LogP contribution in [-0.2, 0) is 0 Å². The molecular weight excluding hydrogens is 406 g/mol. The number of halogens is 1. The summed E-state index contributed by atoms with van der Waals surface area (Å²) in [6.45, 7) is 6.35. The average Bonchev–Trinajstić information content (AvgIpc) is 2.96. The van der Waals surface area contributed by atoms with Crippen LogP contribution in [0.1, 0.15) is 16.0 Å². The molecule has 2 aromatic heterocycles. The minimum Gasteiger partial charge on any atom is -0.339 e. The fourth-order valence-electron chi connectivity index (χ4n) is 3.10. The highest BCUT2D eigenvalue weighted by molar-refractivity contribution is 9.10. The van der Waals surface area contributed by atoms with Gasteiger partial charge in [-0.3, -0.25) is 0 Å². The zero-order chi connectivity index (χ0) is 18.3. The van der Waals surface area contributed by atoms with Crippen LogP contribution in [0.4, 0.5) is 11.5 Å². The number of nitrogens with one attached hydrogen (secondary N) is 1. The van der Waals surface area contributed by atoms with E-state index < -0.39 is 0 Å². The maximum Gasteiger partial charge on any atom is 0.143 e. The Labute approximate surface area is 165 Å². The summed E-state index contributed by atoms with van der Waals surface area (Å²) in [7, 11) is 0. The van der Waals surface area contributed by atoms with Crippen molar-refractivity contribution >= 4 is 49.0 Å². The van der Waals surface area contributed by atoms with E-state index in [0.29, 0.717) is 0 Å². The molecular formula is C21H18BrN3S. The number of rotatable bonds is 3. The van der Waals surface area contributed by atoms with E-state index in [1.54, 1.807) is 17.7 Å². The number of thiophene rings is 1. The van der Waals surface area contributed by atoms with Crippen LogP contribution in [0.2, 0.25) is 0 Å². The molecule has 0 unspecified atom stereocenters. The molecule has 1 N–H and O–H groups in total. The second-order valence-electron chi connectivity index (χ2n) is 6.39. The highest BCUT2D eigenvalue weighted by Gasteiger charge is 2.17. The van der Waals surface area contributed by atoms with Crippen LogP contribution < -0.4 is 5.32 Å². The second-order valence-corrected chi connectivity index (χ2v) is 8.50. The van der Waals surface area contributed by atoms with E-state index in [0.717, 1.165) is 26.2 Å². The van der Waals surface area contributed by atoms with Gasteiger partial charge < -0.3 is 5.32 Å². The zero-order valence-corrected chi connectivity index (χ0v) is 17.2. The fraction of sp³-hybridized carbons (Fsp3) is 0.143. The van der Waals surface area contributed by atoms with Crippen molar-refractivity contribution in [3.05, 3.63) is 69.3 Å². The summed E-state index contributed by atoms with van der Waals surface area (Å²) in [4.78, 5) is 11.3. The minimum absolute atomic E-state index is 0.853. The summed E-state index contributed by atoms with van der Waals surface area (Å²) in [6.07, 6.45) is 1.64. The molecule has 5 heteroatoms. The van der Waals surface area contributed by atoms with Crippen molar-refractivity contribution < 1.29 is 0 Å². The van der Waals surface area contributed by atoms with Crippen molar-refractivity contribution in [1.82, 2.24) is 9.97 Å². The number of hydrogen-bond donors (Lipinski definition) is 1. The molecule has 0 aliphatic carbocycles. The molecule has 2 aromatic carbocycles. The lowest BCUT2D eigenvalue weighted by Gasteiger charge is -2.12. The summed E-state index contributed by atoms with van der Waals surface area (Å²) < 4.78 is 1.07. The topological polar surface area (TPSA) is 37.8 Å². The first-order chi connectivity index (χ1) is 12.5. The first-order valence-electron chi connectivity index (χ1n) is 8.37. The number of fused-ring (bicyclic) bond motifs is 1. The molecule has 3 nitrogen and oxygen atoms in total. The zero-order valence-electron chi connectivity index (χ0n) is 14.8. The van der Waals surface area contributed by atoms with Crippen LogP contribution in [0, 0.1) is 20.8 Å². The van der Waals surface area contributed by atoms with Crippen LogP contribution in [0.25, 0.3) is 21.3 Å². The Bertz CT molecular complexity index is 1100. The molecule has 0 saturated carbocycles. The van der Waals surface area contributed by atoms with Crippen LogP contribution in [-0.4, -0.2) is 9.97 Å². The first-order valence-corrected chi connectivity index (χ1v) is 9.98. The summed E-state index contributed by atoms with van der Waals surface area (Å²) in [6, 6.07) is 14.8. The Balaban J connectivity index is 1.90. The standard InChI is InChI=1S/C21H18BrN3S/c1-12-4-5-13(2)17(10-12)25-20-19-18(15-6-8-16(22)9-7-15)14(3)26-21(19)24-11-23-20/h4-11H,1-3H3,(H,23,24,25). The van der Waals surface area contributed by atoms with Crippen molar-refractivity contribution in [2.24, 2.45) is 0 Å². The lowest BCUT2D eigenvalue weighted by Crippen LogP contribution is -1.98. The van der Waals surface area contributed by atoms with Crippen LogP contribution in [0.5, 0.6) is 0 Å². The van der Waals surface area contributed by atoms with Gasteiger partial charge in [0.1, 0.15) is 17.0 Å². The Morgan fingerprint density at radius 3 is 2.50 bits per heavy atom. The Hall–Kier alpha value is -2.24. The number of hydrogen-bond acceptors (Lipinski definition) is 4. The number of nitrogens with zero attached hydrogens (tertiary/aromatic N) is 2. The average molecular weight is 424 g/mol. The Morgan fingerprint density at radius 2 is 1.73 bits per heavy atom. The monoisotopic (exact) mass is 423 g/mol. The second kappa shape index (κ2) is 6.82. The van der Waals surface area contributed by atoms with Gasteiger partial charge in [0.2, 0.25) is 0 Å². The molecule has 4 rings (SSSR count). The van der Waals surface area contributed by atoms with Crippen molar-refractivity contribution in [3.8, 4) is 11.1 Å². The molecule has 0 spiro atoms. The number of anilines is 2. The predicted molar refractivity (Wildman–Crippen MR) is 114 cm³/mol. The van der Waals surface area contributed by atoms with E-state index >= 15 is 0 Å². The third-order valence-corrected chi connectivity index (χ3v) is 5.99. The van der Waals surface area contributed by atoms with E-state index in [1.807, 2.05) is 0 Å². The SMILES string of the molecule is Cc1ccc(C)c(Nc2ncnc3sc(C)c(-c4ccc(Br)cc4)c23)c1. The van der Waals surface area contributed by atoms with Gasteiger partial charge in [0.05, 0.1) is 5.39 Å². The smallest absolute Gasteiger partial charge is 0.143 e. The number of aryl methyl sites for hydroxylation is 3. The maximum atomic E-state index is 4.57. The highest BCUT2D eigenvalue weighted by atomic mass is 79.9. The van der Waals surface area contributed by atoms with E-state index in [-0.39, 0.29) is 0 Å². The molecule has 2 heterocycles. The molecule has 26 heavy (non-hydrogen) atoms. The van der Waals surface area contributed by atoms with Crippen molar-refractivity contribution in [2.45, 2.75) is 20.8 Å². The molecule has 130 valence electrons. The van der Waals surface area contributed by atoms with Crippen molar-refractivity contribution in [1.29, 1.82) is 0 Å². The largest absolute Gasteiger partial charge is 0.339 e. The van der Waals surface area contributed by atoms with Crippen molar-refractivity contribution in [2.75, 3.05) is 5.32 Å². The summed E-state index contributed by atoms with van der Waals surface area (Å²) >= 11 is 5.22. The Kier molecular flexibility index (Phi) is 4.51. The van der Waals surface area contributed by atoms with Gasteiger partial charge in [-0.1, -0.05) is 40.2 Å². The maximum absolute atomic E-state index is 4.57. The third-order valence-electron chi connectivity index (χ3n) is 4.44. The van der Waals surface area contributed by atoms with Crippen LogP contribution >= 0.6 is 27.3 Å². The first kappa shape index (κ1) is 17.2. The van der Waals surface area contributed by atoms with Crippen LogP contribution in [0.15, 0.2) is 53.3 Å². The highest BCUT2D eigenvalue weighted by Crippen LogP contribution is 2.41. The quantitative estimate of drug-likeness (QED) is 0.394. The van der Waals surface area contributed by atoms with Gasteiger partial charge in [-0.25, -0.2) is 9.97 Å². The van der Waals surface area contributed by atoms with E-state index in [4.69, 9.17) is 0 Å². The van der Waals surface area contributed by atoms with Gasteiger partial charge in [-0.2, -0.15) is 0 Å². The molecule has 0 radical (unpaired) electrons. The lowest BCUT2D eigenvalue weighted by molar-refractivity contribution is 1.22. The molecule has 0 saturated heterocycles. The summed E-state index contributed by atoms with van der Waals surface area (Å²) in [5.41, 5.74) is 5.87. The van der Waals surface area contributed by atoms with E-state index in [9.17, 15) is 0 Å². The third kappa shape index (κ3) is 3.13. The molecule has 0 bridgehead atoms. The van der Waals surface area contributed by atoms with Gasteiger partial charge in [0.25, 0.3) is 0 Å². The molecule has 0 aliphatic rings. The van der Waals surface area contributed by atoms with Gasteiger partial charge in [-0.15, -0.1) is 11.3 Å². The van der Waals surface area contributed by atoms with Crippen LogP contribution in [0.3, 0.4) is 0 Å². The lowest BCUT2D eigenvalue weighted by atomic mass is 10.0. The predicted octanol–water partition coefficient (Wildman–Crippen LogP) is 6.79. The van der Waals surface area contributed by atoms with Gasteiger partial charge >= 0.3 is 0 Å². The summed E-state index contributed by atoms with van der Waals surface area (Å²) in [5.74, 6) is 0.853. The van der Waals surface area contributed by atoms with E-state index in [2.05, 4.69) is 94.5 Å². The number of aromatic nitrogens is 2. The van der Waals surface area contributed by atoms with Crippen molar-refractivity contribution in [3.63, 3.8) is 0 Å².